The first-order valence-corrected chi connectivity index (χ1v) is 7.46. The molecule has 1 unspecified atom stereocenters. The highest BCUT2D eigenvalue weighted by molar-refractivity contribution is 5.80. The van der Waals surface area contributed by atoms with Crippen molar-refractivity contribution in [2.24, 2.45) is 0 Å². The van der Waals surface area contributed by atoms with Gasteiger partial charge in [-0.2, -0.15) is 13.2 Å². The summed E-state index contributed by atoms with van der Waals surface area (Å²) in [4.78, 5) is 13.5. The molecule has 1 aromatic carbocycles. The maximum absolute atomic E-state index is 12.7. The quantitative estimate of drug-likeness (QED) is 0.922. The van der Waals surface area contributed by atoms with E-state index in [-0.39, 0.29) is 25.6 Å². The number of carbonyl (C=O) groups excluding carboxylic acids is 1. The van der Waals surface area contributed by atoms with E-state index in [1.165, 1.54) is 4.90 Å². The zero-order valence-corrected chi connectivity index (χ0v) is 12.8. The number of nitrogens with zero attached hydrogens (tertiary/aromatic N) is 1. The van der Waals surface area contributed by atoms with Gasteiger partial charge in [-0.1, -0.05) is 30.3 Å². The molecule has 128 valence electrons. The van der Waals surface area contributed by atoms with Crippen molar-refractivity contribution in [2.45, 2.75) is 44.3 Å². The van der Waals surface area contributed by atoms with Crippen LogP contribution in [0.25, 0.3) is 0 Å². The van der Waals surface area contributed by atoms with E-state index in [2.05, 4.69) is 0 Å². The zero-order valence-electron chi connectivity index (χ0n) is 12.8. The van der Waals surface area contributed by atoms with Crippen molar-refractivity contribution < 1.29 is 27.8 Å². The van der Waals surface area contributed by atoms with E-state index < -0.39 is 30.7 Å². The minimum atomic E-state index is -4.67. The molecular weight excluding hydrogens is 311 g/mol. The molecule has 0 spiro atoms. The van der Waals surface area contributed by atoms with E-state index in [4.69, 9.17) is 4.74 Å². The molecule has 1 aliphatic rings. The molecule has 7 heteroatoms. The number of rotatable bonds is 4. The summed E-state index contributed by atoms with van der Waals surface area (Å²) in [7, 11) is 0. The summed E-state index contributed by atoms with van der Waals surface area (Å²) in [5, 5.41) is 9.60. The van der Waals surface area contributed by atoms with Gasteiger partial charge in [-0.05, 0) is 12.5 Å². The van der Waals surface area contributed by atoms with Crippen molar-refractivity contribution in [1.82, 2.24) is 4.90 Å². The fourth-order valence-electron chi connectivity index (χ4n) is 2.50. The van der Waals surface area contributed by atoms with Gasteiger partial charge in [-0.15, -0.1) is 0 Å². The standard InChI is InChI=1S/C16H20F3NO3/c1-12(23-11-13-5-3-2-4-6-13)14(21)20-9-7-15(22,8-10-20)16(17,18)19/h2-6,12,22H,7-11H2,1H3. The summed E-state index contributed by atoms with van der Waals surface area (Å²) in [6, 6.07) is 9.30. The molecule has 1 saturated heterocycles. The third-order valence-corrected chi connectivity index (χ3v) is 4.12. The van der Waals surface area contributed by atoms with Gasteiger partial charge in [0.05, 0.1) is 6.61 Å². The number of piperidine rings is 1. The average molecular weight is 331 g/mol. The van der Waals surface area contributed by atoms with Gasteiger partial charge in [0, 0.05) is 25.9 Å². The third kappa shape index (κ3) is 4.23. The zero-order chi connectivity index (χ0) is 17.1. The maximum atomic E-state index is 12.7. The molecule has 23 heavy (non-hydrogen) atoms. The predicted molar refractivity (Wildman–Crippen MR) is 77.5 cm³/mol. The van der Waals surface area contributed by atoms with Gasteiger partial charge in [0.15, 0.2) is 5.60 Å². The Morgan fingerprint density at radius 1 is 1.30 bits per heavy atom. The number of aliphatic hydroxyl groups is 1. The molecule has 0 aliphatic carbocycles. The van der Waals surface area contributed by atoms with Crippen LogP contribution in [0.2, 0.25) is 0 Å². The summed E-state index contributed by atoms with van der Waals surface area (Å²) in [5.74, 6) is -0.356. The van der Waals surface area contributed by atoms with E-state index in [0.717, 1.165) is 5.56 Å². The summed E-state index contributed by atoms with van der Waals surface area (Å²) in [5.41, 5.74) is -1.78. The Morgan fingerprint density at radius 2 is 1.87 bits per heavy atom. The summed E-state index contributed by atoms with van der Waals surface area (Å²) in [6.45, 7) is 1.58. The lowest BCUT2D eigenvalue weighted by Crippen LogP contribution is -2.55. The van der Waals surface area contributed by atoms with Crippen molar-refractivity contribution in [1.29, 1.82) is 0 Å². The monoisotopic (exact) mass is 331 g/mol. The highest BCUT2D eigenvalue weighted by Gasteiger charge is 2.55. The molecule has 4 nitrogen and oxygen atoms in total. The molecule has 1 aromatic rings. The third-order valence-electron chi connectivity index (χ3n) is 4.12. The molecule has 1 atom stereocenters. The van der Waals surface area contributed by atoms with Crippen LogP contribution in [0.4, 0.5) is 13.2 Å². The average Bonchev–Trinajstić information content (AvgIpc) is 2.52. The lowest BCUT2D eigenvalue weighted by molar-refractivity contribution is -0.272. The fourth-order valence-corrected chi connectivity index (χ4v) is 2.50. The minimum absolute atomic E-state index is 0.131. The fraction of sp³-hybridized carbons (Fsp3) is 0.562. The van der Waals surface area contributed by atoms with Gasteiger partial charge >= 0.3 is 6.18 Å². The lowest BCUT2D eigenvalue weighted by atomic mass is 9.90. The van der Waals surface area contributed by atoms with Crippen molar-refractivity contribution in [2.75, 3.05) is 13.1 Å². The van der Waals surface area contributed by atoms with Crippen molar-refractivity contribution >= 4 is 5.91 Å². The number of likely N-dealkylation sites (tertiary alicyclic amines) is 1. The van der Waals surface area contributed by atoms with E-state index in [9.17, 15) is 23.1 Å². The molecule has 1 aliphatic heterocycles. The lowest BCUT2D eigenvalue weighted by Gasteiger charge is -2.39. The molecule has 1 amide bonds. The number of ether oxygens (including phenoxy) is 1. The summed E-state index contributed by atoms with van der Waals surface area (Å²) >= 11 is 0. The molecule has 0 radical (unpaired) electrons. The number of amides is 1. The van der Waals surface area contributed by atoms with Gasteiger partial charge in [0.25, 0.3) is 5.91 Å². The van der Waals surface area contributed by atoms with Crippen LogP contribution in [0, 0.1) is 0 Å². The van der Waals surface area contributed by atoms with Crippen molar-refractivity contribution in [3.8, 4) is 0 Å². The second kappa shape index (κ2) is 6.88. The first-order chi connectivity index (χ1) is 10.7. The van der Waals surface area contributed by atoms with Crippen LogP contribution in [0.15, 0.2) is 30.3 Å². The number of hydrogen-bond acceptors (Lipinski definition) is 3. The van der Waals surface area contributed by atoms with Crippen LogP contribution >= 0.6 is 0 Å². The van der Waals surface area contributed by atoms with Gasteiger partial charge < -0.3 is 14.7 Å². The van der Waals surface area contributed by atoms with Gasteiger partial charge in [0.2, 0.25) is 0 Å². The molecule has 0 aromatic heterocycles. The minimum Gasteiger partial charge on any atom is -0.380 e. The van der Waals surface area contributed by atoms with E-state index in [1.54, 1.807) is 6.92 Å². The van der Waals surface area contributed by atoms with Crippen LogP contribution < -0.4 is 0 Å². The van der Waals surface area contributed by atoms with Gasteiger partial charge in [-0.25, -0.2) is 0 Å². The second-order valence-electron chi connectivity index (χ2n) is 5.79. The van der Waals surface area contributed by atoms with Crippen molar-refractivity contribution in [3.05, 3.63) is 35.9 Å². The maximum Gasteiger partial charge on any atom is 0.417 e. The number of alkyl halides is 3. The predicted octanol–water partition coefficient (Wildman–Crippen LogP) is 2.51. The van der Waals surface area contributed by atoms with Crippen molar-refractivity contribution in [3.63, 3.8) is 0 Å². The smallest absolute Gasteiger partial charge is 0.380 e. The van der Waals surface area contributed by atoms with Crippen LogP contribution in [-0.2, 0) is 16.1 Å². The number of halogens is 3. The van der Waals surface area contributed by atoms with Crippen LogP contribution in [-0.4, -0.2) is 46.9 Å². The number of benzene rings is 1. The van der Waals surface area contributed by atoms with Gasteiger partial charge in [0.1, 0.15) is 6.10 Å². The number of hydrogen-bond donors (Lipinski definition) is 1. The molecule has 0 saturated carbocycles. The first kappa shape index (κ1) is 17.7. The Labute approximate surface area is 132 Å². The number of carbonyl (C=O) groups is 1. The SMILES string of the molecule is CC(OCc1ccccc1)C(=O)N1CCC(O)(C(F)(F)F)CC1. The Morgan fingerprint density at radius 3 is 2.39 bits per heavy atom. The highest BCUT2D eigenvalue weighted by Crippen LogP contribution is 2.38. The van der Waals surface area contributed by atoms with Crippen LogP contribution in [0.3, 0.4) is 0 Å². The molecule has 1 fully saturated rings. The highest BCUT2D eigenvalue weighted by atomic mass is 19.4. The second-order valence-corrected chi connectivity index (χ2v) is 5.79. The van der Waals surface area contributed by atoms with Crippen LogP contribution in [0.5, 0.6) is 0 Å². The Kier molecular flexibility index (Phi) is 5.31. The molecule has 1 heterocycles. The Balaban J connectivity index is 1.84. The first-order valence-electron chi connectivity index (χ1n) is 7.46. The molecular formula is C16H20F3NO3. The van der Waals surface area contributed by atoms with Crippen LogP contribution in [0.1, 0.15) is 25.3 Å². The van der Waals surface area contributed by atoms with E-state index >= 15 is 0 Å². The summed E-state index contributed by atoms with van der Waals surface area (Å²) in [6.07, 6.45) is -6.42. The largest absolute Gasteiger partial charge is 0.417 e. The van der Waals surface area contributed by atoms with E-state index in [1.807, 2.05) is 30.3 Å². The topological polar surface area (TPSA) is 49.8 Å². The van der Waals surface area contributed by atoms with E-state index in [0.29, 0.717) is 0 Å². The Bertz CT molecular complexity index is 525. The summed E-state index contributed by atoms with van der Waals surface area (Å²) < 4.78 is 43.7. The molecule has 2 rings (SSSR count). The Hall–Kier alpha value is -1.60. The van der Waals surface area contributed by atoms with Gasteiger partial charge in [-0.3, -0.25) is 4.79 Å². The molecule has 1 N–H and O–H groups in total. The normalized spacial score (nSPS) is 19.4. The molecule has 0 bridgehead atoms.